The van der Waals surface area contributed by atoms with E-state index in [-0.39, 0.29) is 11.3 Å². The fourth-order valence-electron chi connectivity index (χ4n) is 3.27. The molecular formula is C19H20N2O4. The normalized spacial score (nSPS) is 21.4. The second-order valence-corrected chi connectivity index (χ2v) is 6.32. The predicted molar refractivity (Wildman–Crippen MR) is 93.1 cm³/mol. The molecule has 1 aromatic heterocycles. The van der Waals surface area contributed by atoms with Crippen molar-refractivity contribution in [2.75, 3.05) is 0 Å². The maximum absolute atomic E-state index is 12.5. The molecule has 0 spiro atoms. The molecule has 130 valence electrons. The lowest BCUT2D eigenvalue weighted by Gasteiger charge is -2.33. The molecule has 0 saturated carbocycles. The Labute approximate surface area is 144 Å². The lowest BCUT2D eigenvalue weighted by atomic mass is 9.74. The number of rotatable bonds is 3. The van der Waals surface area contributed by atoms with Crippen LogP contribution < -0.4 is 10.9 Å². The fraction of sp³-hybridized carbons (Fsp3) is 0.263. The number of aromatic nitrogens is 1. The molecule has 1 aromatic carbocycles. The van der Waals surface area contributed by atoms with Gasteiger partial charge in [-0.25, -0.2) is 0 Å². The number of aliphatic hydroxyl groups is 1. The van der Waals surface area contributed by atoms with Crippen LogP contribution in [0.5, 0.6) is 5.75 Å². The Morgan fingerprint density at radius 1 is 1.12 bits per heavy atom. The molecular weight excluding hydrogens is 320 g/mol. The largest absolute Gasteiger partial charge is 0.507 e. The first-order valence-corrected chi connectivity index (χ1v) is 8.03. The van der Waals surface area contributed by atoms with Gasteiger partial charge in [-0.2, -0.15) is 0 Å². The Bertz CT molecular complexity index is 886. The molecule has 0 saturated heterocycles. The summed E-state index contributed by atoms with van der Waals surface area (Å²) >= 11 is 0. The van der Waals surface area contributed by atoms with E-state index in [1.807, 2.05) is 6.07 Å². The third kappa shape index (κ3) is 2.96. The van der Waals surface area contributed by atoms with Gasteiger partial charge in [0.15, 0.2) is 0 Å². The number of aromatic amines is 1. The van der Waals surface area contributed by atoms with Crippen LogP contribution in [0.2, 0.25) is 0 Å². The van der Waals surface area contributed by atoms with Crippen LogP contribution in [0, 0.1) is 12.8 Å². The summed E-state index contributed by atoms with van der Waals surface area (Å²) in [4.78, 5) is 27.6. The molecule has 4 N–H and O–H groups in total. The molecule has 0 radical (unpaired) electrons. The summed E-state index contributed by atoms with van der Waals surface area (Å²) in [5, 5.41) is 23.8. The second kappa shape index (κ2) is 6.57. The standard InChI is InChI=1S/C19H20N2O4/c1-10-8-20-18(24)14(16(10)22)13(12-6-4-3-5-7-12)15-17(23)11(2)9-21-19(15)25/h3-9,13-14,16,22H,1-2H3,(H,20,24)(H2,21,23,25). The van der Waals surface area contributed by atoms with Crippen molar-refractivity contribution in [3.63, 3.8) is 0 Å². The van der Waals surface area contributed by atoms with E-state index >= 15 is 0 Å². The predicted octanol–water partition coefficient (Wildman–Crippen LogP) is 1.53. The van der Waals surface area contributed by atoms with Crippen molar-refractivity contribution in [3.8, 4) is 5.75 Å². The van der Waals surface area contributed by atoms with Crippen molar-refractivity contribution in [1.82, 2.24) is 10.3 Å². The molecule has 1 aliphatic heterocycles. The van der Waals surface area contributed by atoms with Crippen LogP contribution in [-0.4, -0.2) is 27.2 Å². The molecule has 0 aliphatic carbocycles. The molecule has 6 nitrogen and oxygen atoms in total. The van der Waals surface area contributed by atoms with E-state index in [1.54, 1.807) is 38.1 Å². The van der Waals surface area contributed by atoms with Crippen LogP contribution in [-0.2, 0) is 4.79 Å². The number of nitrogens with one attached hydrogen (secondary N) is 2. The number of carbonyl (C=O) groups is 1. The zero-order chi connectivity index (χ0) is 18.1. The Morgan fingerprint density at radius 2 is 1.80 bits per heavy atom. The summed E-state index contributed by atoms with van der Waals surface area (Å²) in [5.74, 6) is -2.28. The summed E-state index contributed by atoms with van der Waals surface area (Å²) in [6.07, 6.45) is 1.83. The highest BCUT2D eigenvalue weighted by atomic mass is 16.3. The maximum atomic E-state index is 12.5. The van der Waals surface area contributed by atoms with Crippen LogP contribution >= 0.6 is 0 Å². The molecule has 0 fully saturated rings. The lowest BCUT2D eigenvalue weighted by Crippen LogP contribution is -2.45. The average molecular weight is 340 g/mol. The molecule has 3 atom stereocenters. The summed E-state index contributed by atoms with van der Waals surface area (Å²) in [7, 11) is 0. The van der Waals surface area contributed by atoms with Crippen LogP contribution in [0.3, 0.4) is 0 Å². The number of amides is 1. The second-order valence-electron chi connectivity index (χ2n) is 6.32. The van der Waals surface area contributed by atoms with Gasteiger partial charge < -0.3 is 20.5 Å². The number of benzene rings is 1. The van der Waals surface area contributed by atoms with Gasteiger partial charge in [-0.15, -0.1) is 0 Å². The number of aliphatic hydroxyl groups excluding tert-OH is 1. The minimum Gasteiger partial charge on any atom is -0.507 e. The Balaban J connectivity index is 2.26. The van der Waals surface area contributed by atoms with Crippen LogP contribution in [0.25, 0.3) is 0 Å². The van der Waals surface area contributed by atoms with Gasteiger partial charge >= 0.3 is 0 Å². The summed E-state index contributed by atoms with van der Waals surface area (Å²) in [5.41, 5.74) is 1.36. The van der Waals surface area contributed by atoms with Crippen LogP contribution in [0.4, 0.5) is 0 Å². The first-order chi connectivity index (χ1) is 11.9. The van der Waals surface area contributed by atoms with E-state index in [4.69, 9.17) is 0 Å². The number of H-pyrrole nitrogens is 1. The van der Waals surface area contributed by atoms with Crippen molar-refractivity contribution in [2.24, 2.45) is 5.92 Å². The zero-order valence-electron chi connectivity index (χ0n) is 14.0. The van der Waals surface area contributed by atoms with Crippen molar-refractivity contribution in [3.05, 3.63) is 75.3 Å². The Morgan fingerprint density at radius 3 is 2.48 bits per heavy atom. The van der Waals surface area contributed by atoms with Gasteiger partial charge in [-0.3, -0.25) is 9.59 Å². The zero-order valence-corrected chi connectivity index (χ0v) is 14.0. The minimum absolute atomic E-state index is 0.0834. The van der Waals surface area contributed by atoms with Gasteiger partial charge in [0, 0.05) is 23.9 Å². The first kappa shape index (κ1) is 17.0. The monoisotopic (exact) mass is 340 g/mol. The van der Waals surface area contributed by atoms with Gasteiger partial charge in [0.05, 0.1) is 17.6 Å². The molecule has 1 aliphatic rings. The Hall–Kier alpha value is -2.86. The van der Waals surface area contributed by atoms with Gasteiger partial charge in [0.25, 0.3) is 5.56 Å². The average Bonchev–Trinajstić information content (AvgIpc) is 2.61. The van der Waals surface area contributed by atoms with E-state index in [0.717, 1.165) is 0 Å². The lowest BCUT2D eigenvalue weighted by molar-refractivity contribution is -0.128. The molecule has 2 heterocycles. The molecule has 25 heavy (non-hydrogen) atoms. The van der Waals surface area contributed by atoms with E-state index < -0.39 is 29.4 Å². The number of aryl methyl sites for hydroxylation is 1. The number of aromatic hydroxyl groups is 1. The van der Waals surface area contributed by atoms with Gasteiger partial charge in [-0.1, -0.05) is 30.3 Å². The van der Waals surface area contributed by atoms with Crippen molar-refractivity contribution >= 4 is 5.91 Å². The van der Waals surface area contributed by atoms with Crippen molar-refractivity contribution in [2.45, 2.75) is 25.9 Å². The Kier molecular flexibility index (Phi) is 4.46. The van der Waals surface area contributed by atoms with E-state index in [1.165, 1.54) is 12.4 Å². The third-order valence-electron chi connectivity index (χ3n) is 4.67. The fourth-order valence-corrected chi connectivity index (χ4v) is 3.27. The van der Waals surface area contributed by atoms with Crippen LogP contribution in [0.1, 0.15) is 29.5 Å². The number of carbonyl (C=O) groups excluding carboxylic acids is 1. The molecule has 2 aromatic rings. The van der Waals surface area contributed by atoms with E-state index in [9.17, 15) is 19.8 Å². The quantitative estimate of drug-likeness (QED) is 0.680. The number of pyridine rings is 1. The summed E-state index contributed by atoms with van der Waals surface area (Å²) < 4.78 is 0. The molecule has 0 bridgehead atoms. The smallest absolute Gasteiger partial charge is 0.255 e. The van der Waals surface area contributed by atoms with Gasteiger partial charge in [0.1, 0.15) is 5.75 Å². The SMILES string of the molecule is CC1=CNC(=O)C(C(c2ccccc2)c2c(O)c(C)c[nH]c2=O)C1O. The summed E-state index contributed by atoms with van der Waals surface area (Å²) in [6, 6.07) is 8.96. The van der Waals surface area contributed by atoms with Crippen molar-refractivity contribution in [1.29, 1.82) is 0 Å². The molecule has 1 amide bonds. The van der Waals surface area contributed by atoms with Crippen molar-refractivity contribution < 1.29 is 15.0 Å². The third-order valence-corrected chi connectivity index (χ3v) is 4.67. The topological polar surface area (TPSA) is 102 Å². The minimum atomic E-state index is -1.06. The highest BCUT2D eigenvalue weighted by Crippen LogP contribution is 2.39. The highest BCUT2D eigenvalue weighted by molar-refractivity contribution is 5.84. The van der Waals surface area contributed by atoms with Crippen LogP contribution in [0.15, 0.2) is 53.1 Å². The number of hydrogen-bond donors (Lipinski definition) is 4. The summed E-state index contributed by atoms with van der Waals surface area (Å²) in [6.45, 7) is 3.37. The van der Waals surface area contributed by atoms with E-state index in [0.29, 0.717) is 16.7 Å². The van der Waals surface area contributed by atoms with Gasteiger partial charge in [-0.05, 0) is 25.0 Å². The molecule has 3 rings (SSSR count). The molecule has 3 unspecified atom stereocenters. The highest BCUT2D eigenvalue weighted by Gasteiger charge is 2.41. The van der Waals surface area contributed by atoms with Gasteiger partial charge in [0.2, 0.25) is 5.91 Å². The number of hydrogen-bond acceptors (Lipinski definition) is 4. The molecule has 6 heteroatoms. The first-order valence-electron chi connectivity index (χ1n) is 8.03. The maximum Gasteiger partial charge on any atom is 0.255 e. The van der Waals surface area contributed by atoms with E-state index in [2.05, 4.69) is 10.3 Å².